The molecule has 0 radical (unpaired) electrons. The normalized spacial score (nSPS) is 26.5. The fourth-order valence-corrected chi connectivity index (χ4v) is 1.42. The number of nitrogens with one attached hydrogen (secondary N) is 1. The molecule has 1 aliphatic heterocycles. The van der Waals surface area contributed by atoms with Gasteiger partial charge in [-0.25, -0.2) is 0 Å². The number of nitrogens with zero attached hydrogens (tertiary/aromatic N) is 1. The number of amides is 1. The number of hydrogen-bond acceptors (Lipinski definition) is 2. The van der Waals surface area contributed by atoms with Crippen molar-refractivity contribution in [1.82, 2.24) is 10.2 Å². The first-order chi connectivity index (χ1) is 5.22. The van der Waals surface area contributed by atoms with E-state index in [0.717, 1.165) is 25.8 Å². The molecule has 1 fully saturated rings. The van der Waals surface area contributed by atoms with Crippen molar-refractivity contribution in [3.8, 4) is 0 Å². The second-order valence-electron chi connectivity index (χ2n) is 3.27. The molecular weight excluding hydrogens is 140 g/mol. The Hall–Kier alpha value is -0.570. The van der Waals surface area contributed by atoms with Crippen molar-refractivity contribution < 1.29 is 4.79 Å². The average Bonchev–Trinajstić information content (AvgIpc) is 2.13. The van der Waals surface area contributed by atoms with Crippen molar-refractivity contribution >= 4 is 5.91 Å². The monoisotopic (exact) mass is 156 g/mol. The van der Waals surface area contributed by atoms with E-state index in [2.05, 4.69) is 5.32 Å². The third-order valence-corrected chi connectivity index (χ3v) is 2.13. The van der Waals surface area contributed by atoms with Crippen molar-refractivity contribution in [1.29, 1.82) is 0 Å². The summed E-state index contributed by atoms with van der Waals surface area (Å²) in [4.78, 5) is 13.3. The molecule has 64 valence electrons. The van der Waals surface area contributed by atoms with Gasteiger partial charge in [-0.3, -0.25) is 9.69 Å². The van der Waals surface area contributed by atoms with E-state index in [1.165, 1.54) is 0 Å². The Morgan fingerprint density at radius 1 is 1.45 bits per heavy atom. The van der Waals surface area contributed by atoms with E-state index in [4.69, 9.17) is 0 Å². The van der Waals surface area contributed by atoms with Gasteiger partial charge in [-0.2, -0.15) is 0 Å². The molecule has 0 aromatic heterocycles. The molecule has 1 saturated heterocycles. The Balaban J connectivity index is 2.52. The second-order valence-corrected chi connectivity index (χ2v) is 3.27. The topological polar surface area (TPSA) is 32.3 Å². The Labute approximate surface area is 67.8 Å². The predicted octanol–water partition coefficient (Wildman–Crippen LogP) is 0.217. The van der Waals surface area contributed by atoms with Crippen LogP contribution in [0.2, 0.25) is 0 Å². The van der Waals surface area contributed by atoms with E-state index in [0.29, 0.717) is 0 Å². The molecule has 0 aromatic rings. The first-order valence-corrected chi connectivity index (χ1v) is 4.16. The van der Waals surface area contributed by atoms with E-state index in [-0.39, 0.29) is 11.9 Å². The van der Waals surface area contributed by atoms with Crippen molar-refractivity contribution in [3.05, 3.63) is 0 Å². The quantitative estimate of drug-likeness (QED) is 0.589. The van der Waals surface area contributed by atoms with Gasteiger partial charge in [-0.15, -0.1) is 0 Å². The van der Waals surface area contributed by atoms with Gasteiger partial charge >= 0.3 is 0 Å². The van der Waals surface area contributed by atoms with E-state index in [1.807, 2.05) is 19.0 Å². The van der Waals surface area contributed by atoms with Crippen molar-refractivity contribution in [3.63, 3.8) is 0 Å². The molecule has 0 aliphatic carbocycles. The molecule has 1 aliphatic rings. The number of likely N-dealkylation sites (N-methyl/N-ethyl adjacent to an activating group) is 1. The molecule has 1 unspecified atom stereocenters. The van der Waals surface area contributed by atoms with Gasteiger partial charge in [0.2, 0.25) is 5.91 Å². The van der Waals surface area contributed by atoms with Gasteiger partial charge in [0, 0.05) is 6.54 Å². The van der Waals surface area contributed by atoms with Crippen LogP contribution < -0.4 is 5.32 Å². The van der Waals surface area contributed by atoms with E-state index in [1.54, 1.807) is 0 Å². The number of rotatable bonds is 1. The summed E-state index contributed by atoms with van der Waals surface area (Å²) in [6, 6.07) is 0.0949. The third-order valence-electron chi connectivity index (χ3n) is 2.13. The summed E-state index contributed by atoms with van der Waals surface area (Å²) in [5, 5.41) is 2.90. The molecule has 0 aromatic carbocycles. The first kappa shape index (κ1) is 8.53. The van der Waals surface area contributed by atoms with Crippen LogP contribution in [0, 0.1) is 0 Å². The zero-order chi connectivity index (χ0) is 8.27. The molecule has 0 saturated carbocycles. The molecule has 1 rings (SSSR count). The summed E-state index contributed by atoms with van der Waals surface area (Å²) in [6.45, 7) is 0.850. The Bertz CT molecular complexity index is 145. The summed E-state index contributed by atoms with van der Waals surface area (Å²) < 4.78 is 0. The van der Waals surface area contributed by atoms with Gasteiger partial charge in [0.25, 0.3) is 0 Å². The summed E-state index contributed by atoms with van der Waals surface area (Å²) >= 11 is 0. The highest BCUT2D eigenvalue weighted by Crippen LogP contribution is 2.08. The minimum Gasteiger partial charge on any atom is -0.355 e. The zero-order valence-corrected chi connectivity index (χ0v) is 7.26. The van der Waals surface area contributed by atoms with Crippen molar-refractivity contribution in [2.75, 3.05) is 20.6 Å². The third kappa shape index (κ3) is 2.19. The highest BCUT2D eigenvalue weighted by atomic mass is 16.2. The van der Waals surface area contributed by atoms with Crippen LogP contribution in [0.15, 0.2) is 0 Å². The lowest BCUT2D eigenvalue weighted by molar-refractivity contribution is -0.125. The lowest BCUT2D eigenvalue weighted by Gasteiger charge is -2.20. The summed E-state index contributed by atoms with van der Waals surface area (Å²) in [5.41, 5.74) is 0. The van der Waals surface area contributed by atoms with Gasteiger partial charge in [0.1, 0.15) is 0 Å². The summed E-state index contributed by atoms with van der Waals surface area (Å²) in [5.74, 6) is 0.188. The number of hydrogen-bond donors (Lipinski definition) is 1. The van der Waals surface area contributed by atoms with Crippen LogP contribution in [-0.2, 0) is 4.79 Å². The fraction of sp³-hybridized carbons (Fsp3) is 0.875. The fourth-order valence-electron chi connectivity index (χ4n) is 1.42. The highest BCUT2D eigenvalue weighted by molar-refractivity contribution is 5.81. The van der Waals surface area contributed by atoms with E-state index in [9.17, 15) is 4.79 Å². The van der Waals surface area contributed by atoms with Crippen LogP contribution in [0.3, 0.4) is 0 Å². The molecule has 11 heavy (non-hydrogen) atoms. The predicted molar refractivity (Wildman–Crippen MR) is 44.3 cm³/mol. The SMILES string of the molecule is CN(C)C1CCCCNC1=O. The molecule has 1 N–H and O–H groups in total. The first-order valence-electron chi connectivity index (χ1n) is 4.16. The second kappa shape index (κ2) is 3.72. The van der Waals surface area contributed by atoms with Gasteiger partial charge in [0.05, 0.1) is 6.04 Å². The van der Waals surface area contributed by atoms with E-state index >= 15 is 0 Å². The molecule has 1 heterocycles. The average molecular weight is 156 g/mol. The van der Waals surface area contributed by atoms with Gasteiger partial charge < -0.3 is 5.32 Å². The van der Waals surface area contributed by atoms with Gasteiger partial charge in [-0.05, 0) is 33.4 Å². The molecule has 3 nitrogen and oxygen atoms in total. The van der Waals surface area contributed by atoms with Gasteiger partial charge in [-0.1, -0.05) is 0 Å². The van der Waals surface area contributed by atoms with Crippen LogP contribution in [0.1, 0.15) is 19.3 Å². The lowest BCUT2D eigenvalue weighted by Crippen LogP contribution is -2.41. The van der Waals surface area contributed by atoms with E-state index < -0.39 is 0 Å². The largest absolute Gasteiger partial charge is 0.355 e. The molecule has 1 atom stereocenters. The lowest BCUT2D eigenvalue weighted by atomic mass is 10.1. The molecule has 3 heteroatoms. The Morgan fingerprint density at radius 2 is 2.18 bits per heavy atom. The van der Waals surface area contributed by atoms with Crippen LogP contribution in [0.25, 0.3) is 0 Å². The summed E-state index contributed by atoms with van der Waals surface area (Å²) in [7, 11) is 3.91. The Morgan fingerprint density at radius 3 is 2.82 bits per heavy atom. The van der Waals surface area contributed by atoms with Gasteiger partial charge in [0.15, 0.2) is 0 Å². The molecule has 1 amide bonds. The molecular formula is C8H16N2O. The minimum absolute atomic E-state index is 0.0949. The standard InChI is InChI=1S/C8H16N2O/c1-10(2)7-5-3-4-6-9-8(7)11/h7H,3-6H2,1-2H3,(H,9,11). The van der Waals surface area contributed by atoms with Crippen molar-refractivity contribution in [2.24, 2.45) is 0 Å². The maximum Gasteiger partial charge on any atom is 0.237 e. The zero-order valence-electron chi connectivity index (χ0n) is 7.26. The van der Waals surface area contributed by atoms with Crippen LogP contribution in [-0.4, -0.2) is 37.5 Å². The molecule has 0 spiro atoms. The number of carbonyl (C=O) groups is 1. The molecule has 0 bridgehead atoms. The smallest absolute Gasteiger partial charge is 0.237 e. The maximum atomic E-state index is 11.3. The minimum atomic E-state index is 0.0949. The van der Waals surface area contributed by atoms with Crippen LogP contribution in [0.4, 0.5) is 0 Å². The summed E-state index contributed by atoms with van der Waals surface area (Å²) in [6.07, 6.45) is 3.27. The number of carbonyl (C=O) groups excluding carboxylic acids is 1. The van der Waals surface area contributed by atoms with Crippen LogP contribution >= 0.6 is 0 Å². The Kier molecular flexibility index (Phi) is 2.88. The maximum absolute atomic E-state index is 11.3. The highest BCUT2D eigenvalue weighted by Gasteiger charge is 2.21. The van der Waals surface area contributed by atoms with Crippen molar-refractivity contribution in [2.45, 2.75) is 25.3 Å². The van der Waals surface area contributed by atoms with Crippen LogP contribution in [0.5, 0.6) is 0 Å².